The molecule has 1 atom stereocenters. The third-order valence-corrected chi connectivity index (χ3v) is 8.03. The number of thiazole rings is 2. The Balaban J connectivity index is 1.74. The Morgan fingerprint density at radius 3 is 2.59 bits per heavy atom. The summed E-state index contributed by atoms with van der Waals surface area (Å²) in [6.07, 6.45) is 0. The first kappa shape index (κ1) is 22.9. The van der Waals surface area contributed by atoms with Crippen LogP contribution in [0.3, 0.4) is 0 Å². The Labute approximate surface area is 210 Å². The molecular formula is C23H14Cl2FN3O3S2. The number of rotatable bonds is 4. The minimum atomic E-state index is -1.33. The molecule has 0 saturated heterocycles. The summed E-state index contributed by atoms with van der Waals surface area (Å²) in [5.74, 6) is -3.00. The van der Waals surface area contributed by atoms with Crippen molar-refractivity contribution in [2.75, 3.05) is 4.90 Å². The summed E-state index contributed by atoms with van der Waals surface area (Å²) in [5, 5.41) is 12.2. The fourth-order valence-electron chi connectivity index (χ4n) is 3.93. The van der Waals surface area contributed by atoms with Crippen LogP contribution in [0.25, 0.3) is 10.2 Å². The van der Waals surface area contributed by atoms with Gasteiger partial charge < -0.3 is 5.11 Å². The lowest BCUT2D eigenvalue weighted by atomic mass is 9.94. The van der Waals surface area contributed by atoms with Crippen molar-refractivity contribution in [3.63, 3.8) is 0 Å². The Kier molecular flexibility index (Phi) is 5.68. The van der Waals surface area contributed by atoms with Crippen LogP contribution in [0.5, 0.6) is 0 Å². The minimum Gasteiger partial charge on any atom is -0.503 e. The highest BCUT2D eigenvalue weighted by Gasteiger charge is 2.48. The first-order chi connectivity index (χ1) is 16.2. The summed E-state index contributed by atoms with van der Waals surface area (Å²) in [4.78, 5) is 37.0. The van der Waals surface area contributed by atoms with Gasteiger partial charge in [0.05, 0.1) is 31.4 Å². The SMILES string of the molecule is Cc1nc(C)c(C(=O)C2=C(O)C(=O)N(c3nc4ccc(Cl)cc4s3)C2c2c(F)cccc2Cl)s1. The van der Waals surface area contributed by atoms with E-state index in [1.807, 2.05) is 0 Å². The molecule has 1 unspecified atom stereocenters. The molecule has 0 saturated carbocycles. The zero-order valence-corrected chi connectivity index (χ0v) is 20.7. The van der Waals surface area contributed by atoms with Gasteiger partial charge in [-0.2, -0.15) is 0 Å². The molecule has 0 spiro atoms. The van der Waals surface area contributed by atoms with Crippen LogP contribution in [-0.4, -0.2) is 26.8 Å². The monoisotopic (exact) mass is 533 g/mol. The number of aliphatic hydroxyl groups excluding tert-OH is 1. The normalized spacial score (nSPS) is 16.2. The lowest BCUT2D eigenvalue weighted by Crippen LogP contribution is -2.31. The number of halogens is 3. The highest BCUT2D eigenvalue weighted by molar-refractivity contribution is 7.22. The molecule has 5 rings (SSSR count). The average molecular weight is 534 g/mol. The van der Waals surface area contributed by atoms with E-state index in [2.05, 4.69) is 9.97 Å². The number of carbonyl (C=O) groups is 2. The fourth-order valence-corrected chi connectivity index (χ4v) is 6.34. The van der Waals surface area contributed by atoms with Gasteiger partial charge >= 0.3 is 0 Å². The molecule has 0 radical (unpaired) electrons. The van der Waals surface area contributed by atoms with Crippen molar-refractivity contribution in [3.8, 4) is 0 Å². The third-order valence-electron chi connectivity index (χ3n) is 5.38. The average Bonchev–Trinajstić information content (AvgIpc) is 3.41. The van der Waals surface area contributed by atoms with Gasteiger partial charge in [-0.15, -0.1) is 11.3 Å². The maximum atomic E-state index is 15.1. The smallest absolute Gasteiger partial charge is 0.296 e. The Morgan fingerprint density at radius 2 is 1.91 bits per heavy atom. The minimum absolute atomic E-state index is 0.00385. The summed E-state index contributed by atoms with van der Waals surface area (Å²) in [5.41, 5.74) is 0.623. The molecule has 0 fully saturated rings. The molecule has 2 aromatic heterocycles. The molecule has 4 aromatic rings. The van der Waals surface area contributed by atoms with Gasteiger partial charge in [-0.3, -0.25) is 14.5 Å². The summed E-state index contributed by atoms with van der Waals surface area (Å²) in [7, 11) is 0. The molecule has 1 N–H and O–H groups in total. The number of aromatic nitrogens is 2. The molecule has 2 aromatic carbocycles. The van der Waals surface area contributed by atoms with E-state index in [-0.39, 0.29) is 26.2 Å². The van der Waals surface area contributed by atoms with Gasteiger partial charge in [-0.05, 0) is 44.2 Å². The number of aliphatic hydroxyl groups is 1. The van der Waals surface area contributed by atoms with Gasteiger partial charge in [0, 0.05) is 15.6 Å². The molecule has 3 heterocycles. The summed E-state index contributed by atoms with van der Waals surface area (Å²) < 4.78 is 15.8. The molecule has 11 heteroatoms. The predicted octanol–water partition coefficient (Wildman–Crippen LogP) is 6.60. The second-order valence-electron chi connectivity index (χ2n) is 7.56. The van der Waals surface area contributed by atoms with Crippen molar-refractivity contribution in [1.29, 1.82) is 0 Å². The van der Waals surface area contributed by atoms with Gasteiger partial charge in [0.1, 0.15) is 11.9 Å². The second-order valence-corrected chi connectivity index (χ2v) is 10.6. The topological polar surface area (TPSA) is 83.4 Å². The number of hydrogen-bond donors (Lipinski definition) is 1. The summed E-state index contributed by atoms with van der Waals surface area (Å²) in [6.45, 7) is 3.40. The lowest BCUT2D eigenvalue weighted by molar-refractivity contribution is -0.117. The summed E-state index contributed by atoms with van der Waals surface area (Å²) >= 11 is 14.7. The molecule has 172 valence electrons. The highest BCUT2D eigenvalue weighted by atomic mass is 35.5. The van der Waals surface area contributed by atoms with Crippen LogP contribution >= 0.6 is 45.9 Å². The Bertz CT molecular complexity index is 1530. The molecule has 6 nitrogen and oxygen atoms in total. The van der Waals surface area contributed by atoms with Crippen molar-refractivity contribution in [3.05, 3.63) is 84.7 Å². The lowest BCUT2D eigenvalue weighted by Gasteiger charge is -2.25. The van der Waals surface area contributed by atoms with Crippen LogP contribution < -0.4 is 4.90 Å². The highest BCUT2D eigenvalue weighted by Crippen LogP contribution is 2.47. The number of carbonyl (C=O) groups excluding carboxylic acids is 2. The number of fused-ring (bicyclic) bond motifs is 1. The van der Waals surface area contributed by atoms with Gasteiger partial charge in [0.15, 0.2) is 10.9 Å². The number of Topliss-reactive ketones (excluding diaryl/α,β-unsaturated/α-hetero) is 1. The van der Waals surface area contributed by atoms with E-state index < -0.39 is 29.3 Å². The number of nitrogens with zero attached hydrogens (tertiary/aromatic N) is 3. The quantitative estimate of drug-likeness (QED) is 0.299. The number of benzene rings is 2. The van der Waals surface area contributed by atoms with Gasteiger partial charge in [0.2, 0.25) is 5.78 Å². The van der Waals surface area contributed by atoms with E-state index in [9.17, 15) is 14.7 Å². The van der Waals surface area contributed by atoms with Crippen LogP contribution in [0, 0.1) is 19.7 Å². The van der Waals surface area contributed by atoms with E-state index in [0.29, 0.717) is 25.9 Å². The molecule has 0 aliphatic carbocycles. The van der Waals surface area contributed by atoms with E-state index in [0.717, 1.165) is 27.6 Å². The van der Waals surface area contributed by atoms with Gasteiger partial charge in [-0.1, -0.05) is 40.6 Å². The van der Waals surface area contributed by atoms with Crippen molar-refractivity contribution in [2.24, 2.45) is 0 Å². The third kappa shape index (κ3) is 3.60. The Morgan fingerprint density at radius 1 is 1.15 bits per heavy atom. The zero-order chi connectivity index (χ0) is 24.3. The predicted molar refractivity (Wildman–Crippen MR) is 132 cm³/mol. The molecule has 1 aliphatic rings. The van der Waals surface area contributed by atoms with Crippen LogP contribution in [0.1, 0.15) is 32.0 Å². The van der Waals surface area contributed by atoms with E-state index in [4.69, 9.17) is 23.2 Å². The van der Waals surface area contributed by atoms with Crippen molar-refractivity contribution >= 4 is 72.9 Å². The standard InChI is InChI=1S/C23H14Cl2FN3O3S2/c1-9-21(33-10(2)27-9)19(30)17-18(16-12(25)4-3-5-13(16)26)29(22(32)20(17)31)23-28-14-7-6-11(24)8-15(14)34-23/h3-8,18,31H,1-2H3. The molecular weight excluding hydrogens is 520 g/mol. The van der Waals surface area contributed by atoms with Crippen molar-refractivity contribution < 1.29 is 19.1 Å². The van der Waals surface area contributed by atoms with Crippen LogP contribution in [-0.2, 0) is 4.79 Å². The maximum Gasteiger partial charge on any atom is 0.296 e. The van der Waals surface area contributed by atoms with Gasteiger partial charge in [0.25, 0.3) is 5.91 Å². The van der Waals surface area contributed by atoms with Gasteiger partial charge in [-0.25, -0.2) is 14.4 Å². The number of hydrogen-bond acceptors (Lipinski definition) is 7. The van der Waals surface area contributed by atoms with Crippen molar-refractivity contribution in [2.45, 2.75) is 19.9 Å². The second kappa shape index (κ2) is 8.42. The number of amides is 1. The van der Waals surface area contributed by atoms with E-state index >= 15 is 4.39 Å². The molecule has 0 bridgehead atoms. The summed E-state index contributed by atoms with van der Waals surface area (Å²) in [6, 6.07) is 7.76. The first-order valence-corrected chi connectivity index (χ1v) is 12.3. The largest absolute Gasteiger partial charge is 0.503 e. The number of anilines is 1. The molecule has 1 aliphatic heterocycles. The number of ketones is 1. The molecule has 34 heavy (non-hydrogen) atoms. The fraction of sp³-hybridized carbons (Fsp3) is 0.130. The van der Waals surface area contributed by atoms with Crippen LogP contribution in [0.4, 0.5) is 9.52 Å². The zero-order valence-electron chi connectivity index (χ0n) is 17.6. The van der Waals surface area contributed by atoms with E-state index in [1.54, 1.807) is 32.0 Å². The molecule has 1 amide bonds. The van der Waals surface area contributed by atoms with Crippen LogP contribution in [0.2, 0.25) is 10.0 Å². The van der Waals surface area contributed by atoms with Crippen LogP contribution in [0.15, 0.2) is 47.7 Å². The van der Waals surface area contributed by atoms with Crippen molar-refractivity contribution in [1.82, 2.24) is 9.97 Å². The first-order valence-electron chi connectivity index (χ1n) is 9.92. The Hall–Kier alpha value is -2.85. The number of aryl methyl sites for hydroxylation is 2. The van der Waals surface area contributed by atoms with E-state index in [1.165, 1.54) is 18.2 Å². The maximum absolute atomic E-state index is 15.1.